The predicted octanol–water partition coefficient (Wildman–Crippen LogP) is 1.93. The summed E-state index contributed by atoms with van der Waals surface area (Å²) in [6.45, 7) is 4.07. The number of amides is 1. The van der Waals surface area contributed by atoms with Gasteiger partial charge >= 0.3 is 0 Å². The van der Waals surface area contributed by atoms with Gasteiger partial charge in [-0.2, -0.15) is 5.06 Å². The summed E-state index contributed by atoms with van der Waals surface area (Å²) in [5.74, 6) is 0.267. The van der Waals surface area contributed by atoms with E-state index in [1.807, 2.05) is 25.3 Å². The molecule has 1 amide bonds. The topological polar surface area (TPSA) is 29.5 Å². The average molecular weight is 211 g/mol. The third kappa shape index (κ3) is 1.21. The zero-order chi connectivity index (χ0) is 10.3. The molecule has 2 heterocycles. The third-order valence-electron chi connectivity index (χ3n) is 2.45. The molecule has 0 fully saturated rings. The molecule has 2 aliphatic heterocycles. The molecule has 0 aliphatic carbocycles. The highest BCUT2D eigenvalue weighted by Crippen LogP contribution is 2.41. The summed E-state index contributed by atoms with van der Waals surface area (Å²) in [5.41, 5.74) is 2.00. The Morgan fingerprint density at radius 1 is 1.57 bits per heavy atom. The number of nitrogens with zero attached hydrogens (tertiary/aromatic N) is 1. The van der Waals surface area contributed by atoms with Crippen molar-refractivity contribution in [1.82, 2.24) is 5.06 Å². The fourth-order valence-corrected chi connectivity index (χ4v) is 2.87. The number of rotatable bonds is 2. The molecule has 0 spiro atoms. The van der Waals surface area contributed by atoms with Gasteiger partial charge in [-0.3, -0.25) is 9.63 Å². The maximum atomic E-state index is 11.9. The summed E-state index contributed by atoms with van der Waals surface area (Å²) in [6.07, 6.45) is 2.02. The second-order valence-corrected chi connectivity index (χ2v) is 4.62. The molecular formula is C10H13NO2S. The maximum absolute atomic E-state index is 11.9. The average Bonchev–Trinajstić information content (AvgIpc) is 2.62. The molecule has 4 heteroatoms. The number of hydrogen-bond donors (Lipinski definition) is 0. The van der Waals surface area contributed by atoms with Crippen molar-refractivity contribution in [1.29, 1.82) is 0 Å². The van der Waals surface area contributed by atoms with Gasteiger partial charge in [-0.05, 0) is 23.0 Å². The Labute approximate surface area is 87.7 Å². The fraction of sp³-hybridized carbons (Fsp3) is 0.500. The van der Waals surface area contributed by atoms with E-state index >= 15 is 0 Å². The summed E-state index contributed by atoms with van der Waals surface area (Å²) < 4.78 is 0. The van der Waals surface area contributed by atoms with E-state index in [9.17, 15) is 4.79 Å². The SMILES string of the molecule is CON1C(=O)C(C(C)C)=C2C=CSC21. The van der Waals surface area contributed by atoms with Crippen LogP contribution < -0.4 is 0 Å². The van der Waals surface area contributed by atoms with Gasteiger partial charge in [0.05, 0.1) is 7.11 Å². The van der Waals surface area contributed by atoms with Crippen LogP contribution in [0.4, 0.5) is 0 Å². The second kappa shape index (κ2) is 3.44. The lowest BCUT2D eigenvalue weighted by Gasteiger charge is -2.19. The van der Waals surface area contributed by atoms with Crippen LogP contribution in [-0.2, 0) is 9.63 Å². The van der Waals surface area contributed by atoms with Crippen molar-refractivity contribution in [3.63, 3.8) is 0 Å². The van der Waals surface area contributed by atoms with Crippen LogP contribution in [0, 0.1) is 5.92 Å². The molecule has 0 saturated heterocycles. The Morgan fingerprint density at radius 3 is 2.86 bits per heavy atom. The first-order chi connectivity index (χ1) is 6.66. The molecule has 76 valence electrons. The molecule has 3 nitrogen and oxygen atoms in total. The molecule has 0 aromatic carbocycles. The summed E-state index contributed by atoms with van der Waals surface area (Å²) in [7, 11) is 1.54. The summed E-state index contributed by atoms with van der Waals surface area (Å²) in [4.78, 5) is 17.0. The van der Waals surface area contributed by atoms with Crippen LogP contribution in [0.5, 0.6) is 0 Å². The molecular weight excluding hydrogens is 198 g/mol. The number of hydrogen-bond acceptors (Lipinski definition) is 3. The van der Waals surface area contributed by atoms with Crippen LogP contribution in [0.25, 0.3) is 0 Å². The van der Waals surface area contributed by atoms with Crippen LogP contribution in [0.3, 0.4) is 0 Å². The minimum Gasteiger partial charge on any atom is -0.273 e. The Hall–Kier alpha value is -0.740. The normalized spacial score (nSPS) is 25.6. The van der Waals surface area contributed by atoms with Gasteiger partial charge < -0.3 is 0 Å². The largest absolute Gasteiger partial charge is 0.275 e. The van der Waals surface area contributed by atoms with E-state index in [0.29, 0.717) is 0 Å². The van der Waals surface area contributed by atoms with Gasteiger partial charge in [-0.1, -0.05) is 13.8 Å². The number of thioether (sulfide) groups is 1. The smallest absolute Gasteiger partial charge is 0.273 e. The van der Waals surface area contributed by atoms with E-state index in [2.05, 4.69) is 0 Å². The summed E-state index contributed by atoms with van der Waals surface area (Å²) >= 11 is 1.61. The molecule has 0 aromatic rings. The van der Waals surface area contributed by atoms with Gasteiger partial charge in [-0.15, -0.1) is 11.8 Å². The first-order valence-electron chi connectivity index (χ1n) is 4.60. The summed E-state index contributed by atoms with van der Waals surface area (Å²) in [6, 6.07) is 0. The first-order valence-corrected chi connectivity index (χ1v) is 5.55. The predicted molar refractivity (Wildman–Crippen MR) is 56.2 cm³/mol. The molecule has 2 rings (SSSR count). The molecule has 0 saturated carbocycles. The van der Waals surface area contributed by atoms with Gasteiger partial charge in [0.25, 0.3) is 5.91 Å². The monoisotopic (exact) mass is 211 g/mol. The van der Waals surface area contributed by atoms with Gasteiger partial charge in [0.15, 0.2) is 0 Å². The van der Waals surface area contributed by atoms with Crippen LogP contribution in [0.1, 0.15) is 13.8 Å². The van der Waals surface area contributed by atoms with E-state index in [-0.39, 0.29) is 17.2 Å². The highest BCUT2D eigenvalue weighted by molar-refractivity contribution is 8.03. The van der Waals surface area contributed by atoms with E-state index in [0.717, 1.165) is 11.1 Å². The molecule has 2 aliphatic rings. The van der Waals surface area contributed by atoms with Crippen molar-refractivity contribution in [3.8, 4) is 0 Å². The lowest BCUT2D eigenvalue weighted by atomic mass is 9.99. The van der Waals surface area contributed by atoms with Crippen molar-refractivity contribution in [3.05, 3.63) is 22.6 Å². The molecule has 1 unspecified atom stereocenters. The molecule has 0 aromatic heterocycles. The lowest BCUT2D eigenvalue weighted by Crippen LogP contribution is -2.32. The molecule has 0 radical (unpaired) electrons. The minimum absolute atomic E-state index is 0.0133. The number of hydroxylamine groups is 2. The zero-order valence-electron chi connectivity index (χ0n) is 8.48. The second-order valence-electron chi connectivity index (χ2n) is 3.63. The summed E-state index contributed by atoms with van der Waals surface area (Å²) in [5, 5.41) is 3.51. The van der Waals surface area contributed by atoms with Gasteiger partial charge in [0, 0.05) is 5.57 Å². The van der Waals surface area contributed by atoms with Gasteiger partial charge in [-0.25, -0.2) is 0 Å². The minimum atomic E-state index is 0.0133. The van der Waals surface area contributed by atoms with Crippen molar-refractivity contribution >= 4 is 17.7 Å². The highest BCUT2D eigenvalue weighted by Gasteiger charge is 2.41. The van der Waals surface area contributed by atoms with Crippen molar-refractivity contribution < 1.29 is 9.63 Å². The lowest BCUT2D eigenvalue weighted by molar-refractivity contribution is -0.168. The van der Waals surface area contributed by atoms with Crippen LogP contribution in [0.2, 0.25) is 0 Å². The zero-order valence-corrected chi connectivity index (χ0v) is 9.30. The number of fused-ring (bicyclic) bond motifs is 1. The fourth-order valence-electron chi connectivity index (χ4n) is 1.85. The molecule has 0 bridgehead atoms. The Bertz CT molecular complexity index is 333. The third-order valence-corrected chi connectivity index (χ3v) is 3.45. The van der Waals surface area contributed by atoms with Crippen LogP contribution in [-0.4, -0.2) is 23.5 Å². The number of carbonyl (C=O) groups excluding carboxylic acids is 1. The molecule has 0 N–H and O–H groups in total. The van der Waals surface area contributed by atoms with E-state index in [1.165, 1.54) is 12.2 Å². The van der Waals surface area contributed by atoms with Gasteiger partial charge in [0.1, 0.15) is 5.37 Å². The van der Waals surface area contributed by atoms with E-state index in [1.54, 1.807) is 11.8 Å². The highest BCUT2D eigenvalue weighted by atomic mass is 32.2. The Kier molecular flexibility index (Phi) is 2.41. The van der Waals surface area contributed by atoms with Crippen molar-refractivity contribution in [2.45, 2.75) is 19.2 Å². The Morgan fingerprint density at radius 2 is 2.29 bits per heavy atom. The molecule has 14 heavy (non-hydrogen) atoms. The van der Waals surface area contributed by atoms with E-state index in [4.69, 9.17) is 4.84 Å². The van der Waals surface area contributed by atoms with Crippen LogP contribution >= 0.6 is 11.8 Å². The Balaban J connectivity index is 2.41. The van der Waals surface area contributed by atoms with Gasteiger partial charge in [0.2, 0.25) is 0 Å². The number of carbonyl (C=O) groups is 1. The quantitative estimate of drug-likeness (QED) is 0.699. The molecule has 1 atom stereocenters. The van der Waals surface area contributed by atoms with Crippen molar-refractivity contribution in [2.24, 2.45) is 5.92 Å². The van der Waals surface area contributed by atoms with Crippen molar-refractivity contribution in [2.75, 3.05) is 7.11 Å². The standard InChI is InChI=1S/C10H13NO2S/c1-6(2)8-7-4-5-14-10(7)11(13-3)9(8)12/h4-6,10H,1-3H3. The maximum Gasteiger partial charge on any atom is 0.275 e. The van der Waals surface area contributed by atoms with Crippen LogP contribution in [0.15, 0.2) is 22.6 Å². The van der Waals surface area contributed by atoms with E-state index < -0.39 is 0 Å². The first kappa shape index (κ1) is 9.80.